The number of likely N-dealkylation sites (tertiary alicyclic amines) is 1. The van der Waals surface area contributed by atoms with Crippen molar-refractivity contribution in [2.45, 2.75) is 76.3 Å². The third kappa shape index (κ3) is 3.09. The molecule has 1 saturated heterocycles. The summed E-state index contributed by atoms with van der Waals surface area (Å²) in [6.45, 7) is 4.77. The standard InChI is InChI=1S/C20H32N2/c1-2-3-14-20(21)18-11-7-6-10-17(18)12-13-19(20)22-15-8-4-5-9-16-22/h6-7,10-11,19H,2-5,8-9,12-16,21H2,1H3. The average Bonchev–Trinajstić information content (AvgIpc) is 2.83. The second kappa shape index (κ2) is 7.14. The fourth-order valence-electron chi connectivity index (χ4n) is 4.61. The summed E-state index contributed by atoms with van der Waals surface area (Å²) < 4.78 is 0. The molecule has 2 heteroatoms. The number of nitrogens with zero attached hydrogens (tertiary/aromatic N) is 1. The first-order valence-electron chi connectivity index (χ1n) is 9.37. The lowest BCUT2D eigenvalue weighted by atomic mass is 9.70. The number of hydrogen-bond acceptors (Lipinski definition) is 2. The van der Waals surface area contributed by atoms with E-state index in [0.717, 1.165) is 6.42 Å². The van der Waals surface area contributed by atoms with Gasteiger partial charge in [0.2, 0.25) is 0 Å². The van der Waals surface area contributed by atoms with Crippen LogP contribution in [-0.2, 0) is 12.0 Å². The van der Waals surface area contributed by atoms with E-state index in [1.807, 2.05) is 0 Å². The number of unbranched alkanes of at least 4 members (excludes halogenated alkanes) is 1. The minimum absolute atomic E-state index is 0.144. The van der Waals surface area contributed by atoms with Crippen LogP contribution in [0.1, 0.15) is 69.4 Å². The summed E-state index contributed by atoms with van der Waals surface area (Å²) in [5.74, 6) is 0. The van der Waals surface area contributed by atoms with Crippen molar-refractivity contribution in [3.63, 3.8) is 0 Å². The first-order valence-corrected chi connectivity index (χ1v) is 9.37. The van der Waals surface area contributed by atoms with Gasteiger partial charge in [0, 0.05) is 6.04 Å². The number of rotatable bonds is 4. The maximum Gasteiger partial charge on any atom is 0.0570 e. The predicted molar refractivity (Wildman–Crippen MR) is 94.0 cm³/mol. The third-order valence-corrected chi connectivity index (χ3v) is 5.83. The Bertz CT molecular complexity index is 476. The Morgan fingerprint density at radius 3 is 2.59 bits per heavy atom. The van der Waals surface area contributed by atoms with Crippen LogP contribution in [-0.4, -0.2) is 24.0 Å². The van der Waals surface area contributed by atoms with Gasteiger partial charge >= 0.3 is 0 Å². The molecule has 1 heterocycles. The lowest BCUT2D eigenvalue weighted by molar-refractivity contribution is 0.0964. The maximum absolute atomic E-state index is 7.14. The van der Waals surface area contributed by atoms with E-state index in [4.69, 9.17) is 5.73 Å². The quantitative estimate of drug-likeness (QED) is 0.902. The van der Waals surface area contributed by atoms with Crippen molar-refractivity contribution < 1.29 is 0 Å². The molecule has 0 bridgehead atoms. The van der Waals surface area contributed by atoms with E-state index in [1.54, 1.807) is 0 Å². The summed E-state index contributed by atoms with van der Waals surface area (Å²) in [5.41, 5.74) is 9.92. The number of benzene rings is 1. The van der Waals surface area contributed by atoms with Gasteiger partial charge in [-0.1, -0.05) is 56.9 Å². The summed E-state index contributed by atoms with van der Waals surface area (Å²) >= 11 is 0. The molecule has 0 saturated carbocycles. The van der Waals surface area contributed by atoms with E-state index < -0.39 is 0 Å². The van der Waals surface area contributed by atoms with Gasteiger partial charge < -0.3 is 5.73 Å². The van der Waals surface area contributed by atoms with Crippen LogP contribution in [0.15, 0.2) is 24.3 Å². The fraction of sp³-hybridized carbons (Fsp3) is 0.700. The molecule has 2 nitrogen and oxygen atoms in total. The first-order chi connectivity index (χ1) is 10.8. The summed E-state index contributed by atoms with van der Waals surface area (Å²) in [5, 5.41) is 0. The first kappa shape index (κ1) is 16.0. The molecular formula is C20H32N2. The van der Waals surface area contributed by atoms with E-state index in [2.05, 4.69) is 36.1 Å². The normalized spacial score (nSPS) is 29.8. The molecule has 1 aromatic carbocycles. The van der Waals surface area contributed by atoms with Crippen LogP contribution < -0.4 is 5.73 Å². The molecule has 3 rings (SSSR count). The number of aryl methyl sites for hydroxylation is 1. The van der Waals surface area contributed by atoms with Crippen LogP contribution in [0, 0.1) is 0 Å². The van der Waals surface area contributed by atoms with E-state index in [1.165, 1.54) is 75.6 Å². The van der Waals surface area contributed by atoms with Gasteiger partial charge in [0.25, 0.3) is 0 Å². The zero-order chi connectivity index (χ0) is 15.4. The van der Waals surface area contributed by atoms with Crippen LogP contribution in [0.25, 0.3) is 0 Å². The molecule has 2 N–H and O–H groups in total. The van der Waals surface area contributed by atoms with Crippen molar-refractivity contribution >= 4 is 0 Å². The highest BCUT2D eigenvalue weighted by atomic mass is 15.2. The Labute approximate surface area is 136 Å². The van der Waals surface area contributed by atoms with Gasteiger partial charge in [-0.3, -0.25) is 4.90 Å². The predicted octanol–water partition coefficient (Wildman–Crippen LogP) is 4.22. The van der Waals surface area contributed by atoms with Gasteiger partial charge in [0.05, 0.1) is 5.54 Å². The molecule has 1 aliphatic heterocycles. The third-order valence-electron chi connectivity index (χ3n) is 5.83. The fourth-order valence-corrected chi connectivity index (χ4v) is 4.61. The summed E-state index contributed by atoms with van der Waals surface area (Å²) in [4.78, 5) is 2.73. The zero-order valence-corrected chi connectivity index (χ0v) is 14.2. The molecule has 0 spiro atoms. The van der Waals surface area contributed by atoms with Gasteiger partial charge in [-0.05, 0) is 56.3 Å². The van der Waals surface area contributed by atoms with Gasteiger partial charge in [-0.15, -0.1) is 0 Å². The van der Waals surface area contributed by atoms with Crippen molar-refractivity contribution in [3.8, 4) is 0 Å². The topological polar surface area (TPSA) is 29.3 Å². The molecule has 0 radical (unpaired) electrons. The molecule has 0 aromatic heterocycles. The zero-order valence-electron chi connectivity index (χ0n) is 14.2. The van der Waals surface area contributed by atoms with E-state index in [9.17, 15) is 0 Å². The van der Waals surface area contributed by atoms with Crippen molar-refractivity contribution in [2.24, 2.45) is 5.73 Å². The summed E-state index contributed by atoms with van der Waals surface area (Å²) in [6.07, 6.45) is 11.5. The lowest BCUT2D eigenvalue weighted by Gasteiger charge is -2.48. The van der Waals surface area contributed by atoms with Gasteiger partial charge in [-0.2, -0.15) is 0 Å². The average molecular weight is 300 g/mol. The van der Waals surface area contributed by atoms with Crippen molar-refractivity contribution in [2.75, 3.05) is 13.1 Å². The second-order valence-electron chi connectivity index (χ2n) is 7.31. The van der Waals surface area contributed by atoms with Gasteiger partial charge in [0.15, 0.2) is 0 Å². The maximum atomic E-state index is 7.14. The number of hydrogen-bond donors (Lipinski definition) is 1. The number of fused-ring (bicyclic) bond motifs is 1. The smallest absolute Gasteiger partial charge is 0.0570 e. The Morgan fingerprint density at radius 1 is 1.14 bits per heavy atom. The van der Waals surface area contributed by atoms with Crippen LogP contribution in [0.5, 0.6) is 0 Å². The molecule has 2 atom stereocenters. The van der Waals surface area contributed by atoms with E-state index in [-0.39, 0.29) is 5.54 Å². The highest BCUT2D eigenvalue weighted by molar-refractivity contribution is 5.38. The molecule has 1 aromatic rings. The molecular weight excluding hydrogens is 268 g/mol. The molecule has 0 amide bonds. The highest BCUT2D eigenvalue weighted by Crippen LogP contribution is 2.40. The molecule has 2 unspecified atom stereocenters. The van der Waals surface area contributed by atoms with E-state index >= 15 is 0 Å². The minimum Gasteiger partial charge on any atom is -0.320 e. The van der Waals surface area contributed by atoms with Crippen molar-refractivity contribution in [1.82, 2.24) is 4.90 Å². The van der Waals surface area contributed by atoms with Crippen LogP contribution >= 0.6 is 0 Å². The van der Waals surface area contributed by atoms with Crippen molar-refractivity contribution in [1.29, 1.82) is 0 Å². The van der Waals surface area contributed by atoms with E-state index in [0.29, 0.717) is 6.04 Å². The molecule has 1 fully saturated rings. The van der Waals surface area contributed by atoms with Crippen LogP contribution in [0.4, 0.5) is 0 Å². The minimum atomic E-state index is -0.144. The largest absolute Gasteiger partial charge is 0.320 e. The summed E-state index contributed by atoms with van der Waals surface area (Å²) in [7, 11) is 0. The molecule has 1 aliphatic carbocycles. The SMILES string of the molecule is CCCCC1(N)c2ccccc2CCC1N1CCCCCC1. The highest BCUT2D eigenvalue weighted by Gasteiger charge is 2.43. The van der Waals surface area contributed by atoms with Gasteiger partial charge in [-0.25, -0.2) is 0 Å². The molecule has 122 valence electrons. The van der Waals surface area contributed by atoms with Gasteiger partial charge in [0.1, 0.15) is 0 Å². The van der Waals surface area contributed by atoms with Crippen LogP contribution in [0.3, 0.4) is 0 Å². The second-order valence-corrected chi connectivity index (χ2v) is 7.31. The Hall–Kier alpha value is -0.860. The Kier molecular flexibility index (Phi) is 5.20. The summed E-state index contributed by atoms with van der Waals surface area (Å²) in [6, 6.07) is 9.48. The Morgan fingerprint density at radius 2 is 1.86 bits per heavy atom. The van der Waals surface area contributed by atoms with Crippen molar-refractivity contribution in [3.05, 3.63) is 35.4 Å². The lowest BCUT2D eigenvalue weighted by Crippen LogP contribution is -2.58. The van der Waals surface area contributed by atoms with Crippen LogP contribution in [0.2, 0.25) is 0 Å². The molecule has 2 aliphatic rings. The molecule has 22 heavy (non-hydrogen) atoms. The Balaban J connectivity index is 1.91. The number of nitrogens with two attached hydrogens (primary N) is 1. The monoisotopic (exact) mass is 300 g/mol.